The Morgan fingerprint density at radius 3 is 2.47 bits per heavy atom. The maximum absolute atomic E-state index is 6.11. The molecular weight excluding hydrogens is 208 g/mol. The Morgan fingerprint density at radius 2 is 1.82 bits per heavy atom. The third-order valence-corrected chi connectivity index (χ3v) is 3.72. The first-order chi connectivity index (χ1) is 8.18. The van der Waals surface area contributed by atoms with Crippen LogP contribution in [0.4, 0.5) is 0 Å². The molecule has 1 aromatic carbocycles. The fourth-order valence-electron chi connectivity index (χ4n) is 2.53. The first kappa shape index (κ1) is 12.3. The second kappa shape index (κ2) is 5.46. The average molecular weight is 230 g/mol. The second-order valence-corrected chi connectivity index (χ2v) is 5.10. The summed E-state index contributed by atoms with van der Waals surface area (Å²) in [4.78, 5) is 4.71. The third-order valence-electron chi connectivity index (χ3n) is 3.72. The van der Waals surface area contributed by atoms with Gasteiger partial charge in [-0.05, 0) is 43.4 Å². The van der Waals surface area contributed by atoms with Crippen LogP contribution >= 0.6 is 0 Å². The SMILES string of the molecule is Cc1cccc(C)c1/C=N/C1CCCCC1N. The molecule has 0 heterocycles. The molecule has 92 valence electrons. The van der Waals surface area contributed by atoms with Crippen LogP contribution in [0.15, 0.2) is 23.2 Å². The van der Waals surface area contributed by atoms with E-state index in [1.54, 1.807) is 0 Å². The van der Waals surface area contributed by atoms with Crippen molar-refractivity contribution in [3.8, 4) is 0 Å². The molecule has 0 bridgehead atoms. The molecule has 0 aliphatic heterocycles. The molecule has 2 nitrogen and oxygen atoms in total. The lowest BCUT2D eigenvalue weighted by molar-refractivity contribution is 0.387. The van der Waals surface area contributed by atoms with Crippen molar-refractivity contribution in [3.05, 3.63) is 34.9 Å². The van der Waals surface area contributed by atoms with Gasteiger partial charge in [0.2, 0.25) is 0 Å². The van der Waals surface area contributed by atoms with Crippen LogP contribution in [0.5, 0.6) is 0 Å². The smallest absolute Gasteiger partial charge is 0.0650 e. The first-order valence-electron chi connectivity index (χ1n) is 6.53. The van der Waals surface area contributed by atoms with E-state index in [1.807, 2.05) is 6.21 Å². The molecule has 17 heavy (non-hydrogen) atoms. The summed E-state index contributed by atoms with van der Waals surface area (Å²) in [7, 11) is 0. The zero-order chi connectivity index (χ0) is 12.3. The highest BCUT2D eigenvalue weighted by molar-refractivity contribution is 5.83. The molecule has 1 aliphatic carbocycles. The van der Waals surface area contributed by atoms with Crippen molar-refractivity contribution in [3.63, 3.8) is 0 Å². The molecule has 1 saturated carbocycles. The van der Waals surface area contributed by atoms with Gasteiger partial charge >= 0.3 is 0 Å². The van der Waals surface area contributed by atoms with Gasteiger partial charge in [0, 0.05) is 12.3 Å². The number of rotatable bonds is 2. The van der Waals surface area contributed by atoms with Crippen LogP contribution in [0.1, 0.15) is 42.4 Å². The van der Waals surface area contributed by atoms with Crippen LogP contribution in [0, 0.1) is 13.8 Å². The number of nitrogens with zero attached hydrogens (tertiary/aromatic N) is 1. The normalized spacial score (nSPS) is 25.4. The quantitative estimate of drug-likeness (QED) is 0.779. The van der Waals surface area contributed by atoms with Crippen LogP contribution in [-0.4, -0.2) is 18.3 Å². The summed E-state index contributed by atoms with van der Waals surface area (Å²) in [5, 5.41) is 0. The maximum Gasteiger partial charge on any atom is 0.0650 e. The molecule has 0 radical (unpaired) electrons. The largest absolute Gasteiger partial charge is 0.326 e. The molecule has 0 amide bonds. The lowest BCUT2D eigenvalue weighted by atomic mass is 9.91. The van der Waals surface area contributed by atoms with Crippen molar-refractivity contribution in [2.45, 2.75) is 51.6 Å². The van der Waals surface area contributed by atoms with E-state index in [2.05, 4.69) is 32.0 Å². The van der Waals surface area contributed by atoms with Gasteiger partial charge < -0.3 is 5.73 Å². The number of hydrogen-bond donors (Lipinski definition) is 1. The number of aliphatic imine (C=N–C) groups is 1. The van der Waals surface area contributed by atoms with Crippen LogP contribution in [0.3, 0.4) is 0 Å². The highest BCUT2D eigenvalue weighted by Gasteiger charge is 2.20. The van der Waals surface area contributed by atoms with E-state index >= 15 is 0 Å². The number of nitrogens with two attached hydrogens (primary N) is 1. The minimum absolute atomic E-state index is 0.254. The summed E-state index contributed by atoms with van der Waals surface area (Å²) in [5.74, 6) is 0. The summed E-state index contributed by atoms with van der Waals surface area (Å²) >= 11 is 0. The molecule has 1 aliphatic rings. The fraction of sp³-hybridized carbons (Fsp3) is 0.533. The molecule has 0 spiro atoms. The molecule has 0 aromatic heterocycles. The van der Waals surface area contributed by atoms with Crippen molar-refractivity contribution < 1.29 is 0 Å². The number of hydrogen-bond acceptors (Lipinski definition) is 2. The van der Waals surface area contributed by atoms with Crippen molar-refractivity contribution >= 4 is 6.21 Å². The number of aryl methyl sites for hydroxylation is 2. The molecule has 0 saturated heterocycles. The Kier molecular flexibility index (Phi) is 3.95. The highest BCUT2D eigenvalue weighted by atomic mass is 14.9. The van der Waals surface area contributed by atoms with Gasteiger partial charge in [-0.15, -0.1) is 0 Å². The summed E-state index contributed by atoms with van der Waals surface area (Å²) in [5.41, 5.74) is 9.94. The molecule has 2 heteroatoms. The van der Waals surface area contributed by atoms with Gasteiger partial charge in [0.1, 0.15) is 0 Å². The average Bonchev–Trinajstić information content (AvgIpc) is 2.30. The van der Waals surface area contributed by atoms with Gasteiger partial charge in [-0.1, -0.05) is 31.0 Å². The van der Waals surface area contributed by atoms with Crippen LogP contribution in [0.2, 0.25) is 0 Å². The third kappa shape index (κ3) is 2.95. The first-order valence-corrected chi connectivity index (χ1v) is 6.53. The van der Waals surface area contributed by atoms with E-state index < -0.39 is 0 Å². The van der Waals surface area contributed by atoms with E-state index in [9.17, 15) is 0 Å². The van der Waals surface area contributed by atoms with Crippen LogP contribution in [0.25, 0.3) is 0 Å². The van der Waals surface area contributed by atoms with E-state index in [1.165, 1.54) is 29.5 Å². The standard InChI is InChI=1S/C15H22N2/c1-11-6-5-7-12(2)13(11)10-17-15-9-4-3-8-14(15)16/h5-7,10,14-15H,3-4,8-9,16H2,1-2H3/b17-10+. The Labute approximate surface area is 104 Å². The summed E-state index contributed by atoms with van der Waals surface area (Å²) in [6.45, 7) is 4.27. The second-order valence-electron chi connectivity index (χ2n) is 5.10. The van der Waals surface area contributed by atoms with Gasteiger partial charge in [-0.25, -0.2) is 0 Å². The summed E-state index contributed by atoms with van der Waals surface area (Å²) in [6, 6.07) is 6.94. The predicted octanol–water partition coefficient (Wildman–Crippen LogP) is 2.99. The number of benzene rings is 1. The molecule has 2 atom stereocenters. The lowest BCUT2D eigenvalue weighted by Crippen LogP contribution is -2.36. The van der Waals surface area contributed by atoms with Gasteiger partial charge in [0.05, 0.1) is 6.04 Å². The Hall–Kier alpha value is -1.15. The topological polar surface area (TPSA) is 38.4 Å². The van der Waals surface area contributed by atoms with Crippen molar-refractivity contribution in [1.29, 1.82) is 0 Å². The zero-order valence-electron chi connectivity index (χ0n) is 10.8. The van der Waals surface area contributed by atoms with E-state index in [0.717, 1.165) is 12.8 Å². The molecule has 1 fully saturated rings. The van der Waals surface area contributed by atoms with E-state index in [-0.39, 0.29) is 6.04 Å². The van der Waals surface area contributed by atoms with E-state index in [4.69, 9.17) is 10.7 Å². The summed E-state index contributed by atoms with van der Waals surface area (Å²) < 4.78 is 0. The molecule has 1 aromatic rings. The van der Waals surface area contributed by atoms with Gasteiger partial charge in [0.15, 0.2) is 0 Å². The Morgan fingerprint density at radius 1 is 1.18 bits per heavy atom. The van der Waals surface area contributed by atoms with Crippen LogP contribution < -0.4 is 5.73 Å². The van der Waals surface area contributed by atoms with Gasteiger partial charge in [0.25, 0.3) is 0 Å². The summed E-state index contributed by atoms with van der Waals surface area (Å²) in [6.07, 6.45) is 6.82. The molecule has 2 unspecified atom stereocenters. The molecule has 2 N–H and O–H groups in total. The predicted molar refractivity (Wildman–Crippen MR) is 73.7 cm³/mol. The minimum atomic E-state index is 0.254. The highest BCUT2D eigenvalue weighted by Crippen LogP contribution is 2.20. The van der Waals surface area contributed by atoms with Gasteiger partial charge in [-0.3, -0.25) is 4.99 Å². The Bertz CT molecular complexity index is 389. The Balaban J connectivity index is 2.14. The van der Waals surface area contributed by atoms with E-state index in [0.29, 0.717) is 6.04 Å². The zero-order valence-corrected chi connectivity index (χ0v) is 10.8. The van der Waals surface area contributed by atoms with Crippen LogP contribution in [-0.2, 0) is 0 Å². The van der Waals surface area contributed by atoms with Crippen molar-refractivity contribution in [2.24, 2.45) is 10.7 Å². The van der Waals surface area contributed by atoms with Crippen molar-refractivity contribution in [2.75, 3.05) is 0 Å². The van der Waals surface area contributed by atoms with Crippen molar-refractivity contribution in [1.82, 2.24) is 0 Å². The monoisotopic (exact) mass is 230 g/mol. The maximum atomic E-state index is 6.11. The molecule has 2 rings (SSSR count). The minimum Gasteiger partial charge on any atom is -0.326 e. The lowest BCUT2D eigenvalue weighted by Gasteiger charge is -2.25. The fourth-order valence-corrected chi connectivity index (χ4v) is 2.53. The van der Waals surface area contributed by atoms with Gasteiger partial charge in [-0.2, -0.15) is 0 Å². The molecular formula is C15H22N2.